The Bertz CT molecular complexity index is 1080. The van der Waals surface area contributed by atoms with Gasteiger partial charge in [-0.2, -0.15) is 0 Å². The van der Waals surface area contributed by atoms with E-state index < -0.39 is 30.1 Å². The van der Waals surface area contributed by atoms with Crippen molar-refractivity contribution in [2.24, 2.45) is 0 Å². The number of hydrogen-bond acceptors (Lipinski definition) is 6. The van der Waals surface area contributed by atoms with E-state index in [2.05, 4.69) is 60.7 Å². The molecule has 11 nitrogen and oxygen atoms in total. The maximum absolute atomic E-state index is 12.5. The number of carboxylic acids is 2. The molecule has 13 heteroatoms. The molecule has 0 aliphatic carbocycles. The van der Waals surface area contributed by atoms with Gasteiger partial charge in [0, 0.05) is 52.5 Å². The Balaban J connectivity index is 1.87. The number of carbonyl (C=O) groups excluding carboxylic acids is 2. The minimum Gasteiger partial charge on any atom is -0.481 e. The first-order valence-corrected chi connectivity index (χ1v) is 14.7. The number of rotatable bonds is 14. The number of benzene rings is 2. The second-order valence-corrected chi connectivity index (χ2v) is 10.3. The number of ether oxygens (including phenoxy) is 1. The molecule has 0 aliphatic rings. The monoisotopic (exact) mass is 752 g/mol. The van der Waals surface area contributed by atoms with Gasteiger partial charge in [0.25, 0.3) is 0 Å². The number of urea groups is 1. The highest BCUT2D eigenvalue weighted by molar-refractivity contribution is 14.1. The molecule has 0 saturated carbocycles. The summed E-state index contributed by atoms with van der Waals surface area (Å²) in [4.78, 5) is 50.2. The van der Waals surface area contributed by atoms with Crippen LogP contribution in [0.1, 0.15) is 18.4 Å². The van der Waals surface area contributed by atoms with Crippen LogP contribution in [0.15, 0.2) is 48.5 Å². The van der Waals surface area contributed by atoms with Gasteiger partial charge in [-0.05, 0) is 48.4 Å². The van der Waals surface area contributed by atoms with Crippen molar-refractivity contribution < 1.29 is 34.1 Å². The largest absolute Gasteiger partial charge is 0.481 e. The highest BCUT2D eigenvalue weighted by Crippen LogP contribution is 2.21. The van der Waals surface area contributed by atoms with E-state index in [1.165, 1.54) is 4.90 Å². The fraction of sp³-hybridized carbons (Fsp3) is 0.360. The molecule has 38 heavy (non-hydrogen) atoms. The molecule has 206 valence electrons. The zero-order valence-corrected chi connectivity index (χ0v) is 25.0. The first-order chi connectivity index (χ1) is 18.1. The minimum absolute atomic E-state index is 0.0170. The van der Waals surface area contributed by atoms with Gasteiger partial charge in [-0.3, -0.25) is 9.69 Å². The standard InChI is InChI=1S/C25H30I2N4O7/c1-30(19-6-8-20(9-7-19)31(14-12-26)15-13-27)25(37)38-16-17-2-4-18(5-3-17)28-24(36)29-21(23(34)35)10-11-22(32)33/h2-9,21H,10-16H2,1H3,(H,32,33)(H,34,35)(H2,28,29,36)/t21-/m0/s1. The van der Waals surface area contributed by atoms with Crippen molar-refractivity contribution in [2.75, 3.05) is 44.1 Å². The van der Waals surface area contributed by atoms with E-state index in [0.29, 0.717) is 16.9 Å². The van der Waals surface area contributed by atoms with E-state index in [1.54, 1.807) is 31.3 Å². The van der Waals surface area contributed by atoms with Crippen LogP contribution < -0.4 is 20.4 Å². The molecular formula is C25H30I2N4O7. The van der Waals surface area contributed by atoms with Gasteiger partial charge >= 0.3 is 24.1 Å². The number of anilines is 3. The van der Waals surface area contributed by atoms with Crippen molar-refractivity contribution in [2.45, 2.75) is 25.5 Å². The summed E-state index contributed by atoms with van der Waals surface area (Å²) in [6, 6.07) is 12.1. The molecule has 0 heterocycles. The van der Waals surface area contributed by atoms with E-state index in [-0.39, 0.29) is 19.4 Å². The Morgan fingerprint density at radius 3 is 2.03 bits per heavy atom. The highest BCUT2D eigenvalue weighted by atomic mass is 127. The lowest BCUT2D eigenvalue weighted by atomic mass is 10.1. The average Bonchev–Trinajstić information content (AvgIpc) is 2.89. The van der Waals surface area contributed by atoms with Crippen molar-refractivity contribution in [3.8, 4) is 0 Å². The molecule has 4 N–H and O–H groups in total. The van der Waals surface area contributed by atoms with Crippen molar-refractivity contribution >= 4 is 86.3 Å². The summed E-state index contributed by atoms with van der Waals surface area (Å²) < 4.78 is 7.45. The van der Waals surface area contributed by atoms with Crippen LogP contribution in [-0.4, -0.2) is 69.3 Å². The molecule has 0 spiro atoms. The number of halogens is 2. The third-order valence-corrected chi connectivity index (χ3v) is 6.37. The van der Waals surface area contributed by atoms with E-state index in [9.17, 15) is 19.2 Å². The van der Waals surface area contributed by atoms with Gasteiger partial charge in [0.1, 0.15) is 12.6 Å². The maximum atomic E-state index is 12.5. The fourth-order valence-corrected chi connectivity index (χ4v) is 4.51. The third-order valence-electron chi connectivity index (χ3n) is 5.41. The average molecular weight is 752 g/mol. The Kier molecular flexibility index (Phi) is 13.4. The molecule has 3 amide bonds. The summed E-state index contributed by atoms with van der Waals surface area (Å²) in [6.45, 7) is 1.92. The summed E-state index contributed by atoms with van der Waals surface area (Å²) in [7, 11) is 1.64. The van der Waals surface area contributed by atoms with Crippen LogP contribution >= 0.6 is 45.2 Å². The number of hydrogen-bond donors (Lipinski definition) is 4. The number of nitrogens with zero attached hydrogens (tertiary/aromatic N) is 2. The first-order valence-electron chi connectivity index (χ1n) is 11.6. The molecule has 0 unspecified atom stereocenters. The fourth-order valence-electron chi connectivity index (χ4n) is 3.34. The number of carboxylic acid groups (broad SMARTS) is 2. The summed E-state index contributed by atoms with van der Waals surface area (Å²) >= 11 is 4.71. The van der Waals surface area contributed by atoms with Crippen LogP contribution in [0.5, 0.6) is 0 Å². The molecule has 0 fully saturated rings. The molecule has 0 saturated heterocycles. The normalized spacial score (nSPS) is 11.2. The number of alkyl halides is 2. The Hall–Kier alpha value is -2.82. The zero-order chi connectivity index (χ0) is 28.1. The summed E-state index contributed by atoms with van der Waals surface area (Å²) in [5.41, 5.74) is 2.88. The highest BCUT2D eigenvalue weighted by Gasteiger charge is 2.21. The number of amides is 3. The van der Waals surface area contributed by atoms with E-state index in [0.717, 1.165) is 27.6 Å². The molecular weight excluding hydrogens is 722 g/mol. The van der Waals surface area contributed by atoms with Crippen LogP contribution in [0.25, 0.3) is 0 Å². The molecule has 0 aromatic heterocycles. The lowest BCUT2D eigenvalue weighted by molar-refractivity contribution is -0.140. The predicted octanol–water partition coefficient (Wildman–Crippen LogP) is 4.58. The number of aliphatic carboxylic acids is 2. The van der Waals surface area contributed by atoms with Gasteiger partial charge in [-0.15, -0.1) is 0 Å². The van der Waals surface area contributed by atoms with E-state index >= 15 is 0 Å². The second kappa shape index (κ2) is 16.2. The Morgan fingerprint density at radius 1 is 0.921 bits per heavy atom. The smallest absolute Gasteiger partial charge is 0.414 e. The molecule has 1 atom stereocenters. The minimum atomic E-state index is -1.33. The predicted molar refractivity (Wildman–Crippen MR) is 162 cm³/mol. The zero-order valence-electron chi connectivity index (χ0n) is 20.7. The third kappa shape index (κ3) is 10.5. The van der Waals surface area contributed by atoms with Crippen LogP contribution in [0.2, 0.25) is 0 Å². The summed E-state index contributed by atoms with van der Waals surface area (Å²) in [5.74, 6) is -2.48. The Morgan fingerprint density at radius 2 is 1.50 bits per heavy atom. The quantitative estimate of drug-likeness (QED) is 0.162. The van der Waals surface area contributed by atoms with Crippen molar-refractivity contribution in [1.82, 2.24) is 5.32 Å². The first kappa shape index (κ1) is 31.4. The van der Waals surface area contributed by atoms with Gasteiger partial charge in [0.05, 0.1) is 0 Å². The van der Waals surface area contributed by atoms with Crippen LogP contribution in [0.3, 0.4) is 0 Å². The molecule has 0 bridgehead atoms. The molecule has 0 aliphatic heterocycles. The van der Waals surface area contributed by atoms with E-state index in [4.69, 9.17) is 14.9 Å². The van der Waals surface area contributed by atoms with Gasteiger partial charge in [0.15, 0.2) is 0 Å². The van der Waals surface area contributed by atoms with Crippen molar-refractivity contribution in [3.63, 3.8) is 0 Å². The molecule has 0 radical (unpaired) electrons. The van der Waals surface area contributed by atoms with Gasteiger partial charge in [-0.25, -0.2) is 14.4 Å². The van der Waals surface area contributed by atoms with E-state index in [1.807, 2.05) is 24.3 Å². The summed E-state index contributed by atoms with van der Waals surface area (Å²) in [5, 5.41) is 22.6. The molecule has 2 rings (SSSR count). The SMILES string of the molecule is CN(C(=O)OCc1ccc(NC(=O)N[C@@H](CCC(=O)O)C(=O)O)cc1)c1ccc(N(CCI)CCI)cc1. The van der Waals surface area contributed by atoms with Crippen LogP contribution in [0.4, 0.5) is 26.7 Å². The van der Waals surface area contributed by atoms with Crippen LogP contribution in [-0.2, 0) is 20.9 Å². The maximum Gasteiger partial charge on any atom is 0.414 e. The summed E-state index contributed by atoms with van der Waals surface area (Å²) in [6.07, 6.45) is -1.14. The Labute approximate surface area is 248 Å². The second-order valence-electron chi connectivity index (χ2n) is 8.11. The lowest BCUT2D eigenvalue weighted by Gasteiger charge is -2.24. The number of nitrogens with one attached hydrogen (secondary N) is 2. The lowest BCUT2D eigenvalue weighted by Crippen LogP contribution is -2.43. The van der Waals surface area contributed by atoms with Gasteiger partial charge in [-0.1, -0.05) is 57.3 Å². The van der Waals surface area contributed by atoms with Crippen molar-refractivity contribution in [3.05, 3.63) is 54.1 Å². The molecule has 2 aromatic carbocycles. The number of carbonyl (C=O) groups is 4. The topological polar surface area (TPSA) is 149 Å². The van der Waals surface area contributed by atoms with Crippen molar-refractivity contribution in [1.29, 1.82) is 0 Å². The molecule has 2 aromatic rings. The van der Waals surface area contributed by atoms with Gasteiger partial charge in [0.2, 0.25) is 0 Å². The van der Waals surface area contributed by atoms with Crippen LogP contribution in [0, 0.1) is 0 Å². The van der Waals surface area contributed by atoms with Gasteiger partial charge < -0.3 is 30.5 Å².